The Bertz CT molecular complexity index is 1160. The average molecular weight is 367 g/mol. The lowest BCUT2D eigenvalue weighted by Crippen LogP contribution is -2.41. The summed E-state index contributed by atoms with van der Waals surface area (Å²) in [4.78, 5) is 22.0. The van der Waals surface area contributed by atoms with E-state index in [1.165, 1.54) is 10.6 Å². The third-order valence-electron chi connectivity index (χ3n) is 4.63. The lowest BCUT2D eigenvalue weighted by atomic mass is 9.99. The zero-order valence-electron chi connectivity index (χ0n) is 14.3. The van der Waals surface area contributed by atoms with Crippen molar-refractivity contribution in [2.24, 2.45) is 0 Å². The van der Waals surface area contributed by atoms with E-state index in [9.17, 15) is 9.18 Å². The van der Waals surface area contributed by atoms with Gasteiger partial charge in [0, 0.05) is 25.6 Å². The summed E-state index contributed by atoms with van der Waals surface area (Å²) >= 11 is 0. The summed E-state index contributed by atoms with van der Waals surface area (Å²) < 4.78 is 20.6. The second kappa shape index (κ2) is 5.73. The van der Waals surface area contributed by atoms with Gasteiger partial charge in [0.25, 0.3) is 0 Å². The van der Waals surface area contributed by atoms with E-state index in [2.05, 4.69) is 25.3 Å². The summed E-state index contributed by atoms with van der Waals surface area (Å²) in [5, 5.41) is 11.9. The third-order valence-corrected chi connectivity index (χ3v) is 4.63. The number of hydrogen-bond acceptors (Lipinski definition) is 6. The quantitative estimate of drug-likeness (QED) is 0.541. The number of rotatable bonds is 2. The Morgan fingerprint density at radius 3 is 3.04 bits per heavy atom. The third kappa shape index (κ3) is 2.40. The van der Waals surface area contributed by atoms with Crippen LogP contribution in [0, 0.1) is 12.9 Å². The second-order valence-electron chi connectivity index (χ2n) is 6.30. The van der Waals surface area contributed by atoms with Crippen molar-refractivity contribution in [2.45, 2.75) is 19.4 Å². The van der Waals surface area contributed by atoms with Crippen molar-refractivity contribution in [3.63, 3.8) is 0 Å². The molecule has 0 saturated heterocycles. The number of aryl methyl sites for hydroxylation is 1. The highest BCUT2D eigenvalue weighted by Gasteiger charge is 2.38. The van der Waals surface area contributed by atoms with Crippen LogP contribution in [-0.2, 0) is 6.42 Å². The summed E-state index contributed by atoms with van der Waals surface area (Å²) in [6.45, 7) is 2.03. The summed E-state index contributed by atoms with van der Waals surface area (Å²) in [5.41, 5.74) is 2.70. The number of carbonyl (C=O) groups is 1. The number of nitrogens with zero attached hydrogens (tertiary/aromatic N) is 6. The maximum absolute atomic E-state index is 14.1. The van der Waals surface area contributed by atoms with Crippen molar-refractivity contribution in [1.82, 2.24) is 34.7 Å². The maximum Gasteiger partial charge on any atom is 0.312 e. The van der Waals surface area contributed by atoms with E-state index in [1.807, 2.05) is 0 Å². The Morgan fingerprint density at radius 1 is 1.37 bits per heavy atom. The summed E-state index contributed by atoms with van der Waals surface area (Å²) in [5.74, 6) is -0.678. The molecule has 0 aromatic carbocycles. The molecular weight excluding hydrogens is 353 g/mol. The molecule has 0 radical (unpaired) electrons. The Balaban J connectivity index is 1.64. The summed E-state index contributed by atoms with van der Waals surface area (Å²) in [6.07, 6.45) is 2.19. The number of carbonyl (C=O) groups excluding carboxylic acids is 1. The molecule has 0 spiro atoms. The minimum atomic E-state index is -0.584. The first-order chi connectivity index (χ1) is 13.1. The normalized spacial score (nSPS) is 16.7. The fourth-order valence-electron chi connectivity index (χ4n) is 3.44. The number of fused-ring (bicyclic) bond motifs is 2. The number of hydrogen-bond donors (Lipinski definition) is 1. The van der Waals surface area contributed by atoms with Gasteiger partial charge >= 0.3 is 11.8 Å². The fraction of sp³-hybridized carbons (Fsp3) is 0.235. The number of amides is 1. The number of H-pyrrole nitrogens is 1. The van der Waals surface area contributed by atoms with Gasteiger partial charge in [0.15, 0.2) is 0 Å². The molecule has 0 fully saturated rings. The number of nitrogens with one attached hydrogen (secondary N) is 1. The van der Waals surface area contributed by atoms with Crippen molar-refractivity contribution in [1.29, 1.82) is 0 Å². The molecular formula is C17H14FN7O2. The van der Waals surface area contributed by atoms with Crippen LogP contribution in [0.15, 0.2) is 35.0 Å². The largest absolute Gasteiger partial charge is 0.417 e. The molecule has 27 heavy (non-hydrogen) atoms. The van der Waals surface area contributed by atoms with Gasteiger partial charge in [-0.25, -0.2) is 9.50 Å². The Hall–Kier alpha value is -3.56. The number of halogens is 1. The van der Waals surface area contributed by atoms with Crippen LogP contribution in [0.3, 0.4) is 0 Å². The van der Waals surface area contributed by atoms with E-state index in [0.717, 1.165) is 5.69 Å². The molecule has 0 bridgehead atoms. The van der Waals surface area contributed by atoms with Gasteiger partial charge in [-0.15, -0.1) is 10.2 Å². The molecule has 1 atom stereocenters. The van der Waals surface area contributed by atoms with E-state index in [4.69, 9.17) is 4.42 Å². The predicted molar refractivity (Wildman–Crippen MR) is 89.4 cm³/mol. The van der Waals surface area contributed by atoms with Crippen molar-refractivity contribution >= 4 is 11.4 Å². The molecule has 9 nitrogen and oxygen atoms in total. The number of imidazole rings is 1. The molecule has 1 N–H and O–H groups in total. The number of pyridine rings is 1. The van der Waals surface area contributed by atoms with Crippen LogP contribution in [0.5, 0.6) is 0 Å². The molecule has 1 unspecified atom stereocenters. The van der Waals surface area contributed by atoms with Crippen LogP contribution >= 0.6 is 0 Å². The van der Waals surface area contributed by atoms with E-state index in [0.29, 0.717) is 35.8 Å². The molecule has 5 heterocycles. The highest BCUT2D eigenvalue weighted by atomic mass is 19.1. The second-order valence-corrected chi connectivity index (χ2v) is 6.30. The van der Waals surface area contributed by atoms with Crippen LogP contribution in [0.25, 0.3) is 5.52 Å². The summed E-state index contributed by atoms with van der Waals surface area (Å²) in [7, 11) is 0. The van der Waals surface area contributed by atoms with Gasteiger partial charge in [0.1, 0.15) is 6.04 Å². The van der Waals surface area contributed by atoms with Crippen molar-refractivity contribution in [3.05, 3.63) is 65.4 Å². The highest BCUT2D eigenvalue weighted by molar-refractivity contribution is 5.90. The predicted octanol–water partition coefficient (Wildman–Crippen LogP) is 1.68. The molecule has 0 aliphatic carbocycles. The SMILES string of the molecule is Cc1nnc(C(=O)N2CCc3[nH]cnc3C2c2cc3cccc(F)n3n2)o1. The Labute approximate surface area is 151 Å². The minimum Gasteiger partial charge on any atom is -0.417 e. The molecule has 4 aromatic rings. The molecule has 10 heteroatoms. The van der Waals surface area contributed by atoms with Crippen molar-refractivity contribution in [2.75, 3.05) is 6.54 Å². The zero-order valence-corrected chi connectivity index (χ0v) is 14.3. The molecule has 4 aromatic heterocycles. The van der Waals surface area contributed by atoms with Gasteiger partial charge < -0.3 is 14.3 Å². The summed E-state index contributed by atoms with van der Waals surface area (Å²) in [6, 6.07) is 5.85. The first-order valence-electron chi connectivity index (χ1n) is 8.39. The maximum atomic E-state index is 14.1. The average Bonchev–Trinajstić information content (AvgIpc) is 3.39. The Morgan fingerprint density at radius 2 is 2.26 bits per heavy atom. The molecule has 5 rings (SSSR count). The first-order valence-corrected chi connectivity index (χ1v) is 8.39. The van der Waals surface area contributed by atoms with Crippen molar-refractivity contribution in [3.8, 4) is 0 Å². The molecule has 1 aliphatic heterocycles. The molecule has 1 aliphatic rings. The topological polar surface area (TPSA) is 105 Å². The molecule has 0 saturated carbocycles. The van der Waals surface area contributed by atoms with Gasteiger partial charge in [0.05, 0.1) is 23.2 Å². The van der Waals surface area contributed by atoms with Gasteiger partial charge in [0.2, 0.25) is 11.8 Å². The lowest BCUT2D eigenvalue weighted by molar-refractivity contribution is 0.0644. The zero-order chi connectivity index (χ0) is 18.5. The lowest BCUT2D eigenvalue weighted by Gasteiger charge is -2.32. The van der Waals surface area contributed by atoms with Crippen LogP contribution in [0.4, 0.5) is 4.39 Å². The first kappa shape index (κ1) is 15.7. The number of aromatic nitrogens is 6. The number of aromatic amines is 1. The fourth-order valence-corrected chi connectivity index (χ4v) is 3.44. The monoisotopic (exact) mass is 367 g/mol. The van der Waals surface area contributed by atoms with Crippen LogP contribution in [-0.4, -0.2) is 47.1 Å². The van der Waals surface area contributed by atoms with Gasteiger partial charge in [-0.05, 0) is 18.2 Å². The Kier molecular flexibility index (Phi) is 3.33. The van der Waals surface area contributed by atoms with E-state index in [1.54, 1.807) is 36.4 Å². The van der Waals surface area contributed by atoms with Crippen LogP contribution in [0.1, 0.15) is 39.7 Å². The van der Waals surface area contributed by atoms with E-state index >= 15 is 0 Å². The minimum absolute atomic E-state index is 0.0913. The molecule has 1 amide bonds. The highest BCUT2D eigenvalue weighted by Crippen LogP contribution is 2.34. The van der Waals surface area contributed by atoms with Gasteiger partial charge in [-0.1, -0.05) is 6.07 Å². The van der Waals surface area contributed by atoms with Gasteiger partial charge in [-0.3, -0.25) is 4.79 Å². The van der Waals surface area contributed by atoms with Crippen molar-refractivity contribution < 1.29 is 13.6 Å². The van der Waals surface area contributed by atoms with E-state index in [-0.39, 0.29) is 5.89 Å². The van der Waals surface area contributed by atoms with Crippen LogP contribution < -0.4 is 0 Å². The van der Waals surface area contributed by atoms with Crippen LogP contribution in [0.2, 0.25) is 0 Å². The standard InChI is InChI=1S/C17H14FN7O2/c1-9-21-22-16(27-9)17(26)24-6-5-11-14(20-8-19-11)15(24)12-7-10-3-2-4-13(18)25(10)23-12/h2-4,7-8,15H,5-6H2,1H3,(H,19,20). The van der Waals surface area contributed by atoms with Gasteiger partial charge in [-0.2, -0.15) is 9.49 Å². The molecule has 136 valence electrons. The van der Waals surface area contributed by atoms with E-state index < -0.39 is 17.9 Å². The smallest absolute Gasteiger partial charge is 0.312 e.